The number of fused-ring (bicyclic) bond motifs is 1. The fraction of sp³-hybridized carbons (Fsp3) is 0.400. The smallest absolute Gasteiger partial charge is 0.243 e. The molecule has 174 valence electrons. The Balaban J connectivity index is 1.46. The topological polar surface area (TPSA) is 64.4 Å². The van der Waals surface area contributed by atoms with E-state index in [0.29, 0.717) is 18.0 Å². The largest absolute Gasteiger partial charge is 0.376 e. The maximum Gasteiger partial charge on any atom is 0.243 e. The minimum atomic E-state index is -3.47. The number of hydrogen-bond acceptors (Lipinski definition) is 5. The molecule has 0 radical (unpaired) electrons. The number of nitrogens with zero attached hydrogens (tertiary/aromatic N) is 3. The number of imidazole rings is 1. The predicted octanol–water partition coefficient (Wildman–Crippen LogP) is 4.94. The van der Waals surface area contributed by atoms with E-state index in [0.717, 1.165) is 66.3 Å². The summed E-state index contributed by atoms with van der Waals surface area (Å²) in [6.45, 7) is 6.53. The second-order valence-electron chi connectivity index (χ2n) is 8.64. The normalized spacial score (nSPS) is 19.5. The molecular weight excluding hydrogens is 454 g/mol. The summed E-state index contributed by atoms with van der Waals surface area (Å²) in [4.78, 5) is 5.20. The fourth-order valence-electron chi connectivity index (χ4n) is 4.50. The van der Waals surface area contributed by atoms with Crippen molar-refractivity contribution in [2.75, 3.05) is 19.7 Å². The van der Waals surface area contributed by atoms with E-state index in [-0.39, 0.29) is 6.10 Å². The first-order valence-electron chi connectivity index (χ1n) is 11.5. The Morgan fingerprint density at radius 1 is 1.12 bits per heavy atom. The lowest BCUT2D eigenvalue weighted by Crippen LogP contribution is -2.27. The van der Waals surface area contributed by atoms with Crippen LogP contribution >= 0.6 is 11.8 Å². The van der Waals surface area contributed by atoms with Crippen molar-refractivity contribution >= 4 is 38.9 Å². The number of thioether (sulfide) groups is 1. The summed E-state index contributed by atoms with van der Waals surface area (Å²) in [5.41, 5.74) is 3.98. The molecule has 3 heterocycles. The Hall–Kier alpha value is -2.13. The van der Waals surface area contributed by atoms with E-state index in [1.165, 1.54) is 5.56 Å². The molecule has 0 unspecified atom stereocenters. The van der Waals surface area contributed by atoms with Gasteiger partial charge < -0.3 is 9.30 Å². The highest BCUT2D eigenvalue weighted by atomic mass is 32.2. The van der Waals surface area contributed by atoms with Crippen molar-refractivity contribution in [1.29, 1.82) is 0 Å². The molecule has 0 saturated carbocycles. The van der Waals surface area contributed by atoms with E-state index in [4.69, 9.17) is 9.72 Å². The van der Waals surface area contributed by atoms with Crippen molar-refractivity contribution in [3.05, 3.63) is 60.2 Å². The van der Waals surface area contributed by atoms with Crippen molar-refractivity contribution < 1.29 is 13.2 Å². The second-order valence-corrected chi connectivity index (χ2v) is 11.5. The quantitative estimate of drug-likeness (QED) is 0.425. The number of aromatic nitrogens is 2. The summed E-state index contributed by atoms with van der Waals surface area (Å²) < 4.78 is 35.8. The van der Waals surface area contributed by atoms with Crippen LogP contribution in [0.15, 0.2) is 59.1 Å². The van der Waals surface area contributed by atoms with Crippen LogP contribution in [0.1, 0.15) is 36.8 Å². The first-order chi connectivity index (χ1) is 16.0. The lowest BCUT2D eigenvalue weighted by Gasteiger charge is -2.16. The van der Waals surface area contributed by atoms with Crippen molar-refractivity contribution in [2.45, 2.75) is 54.1 Å². The molecule has 0 spiro atoms. The molecule has 2 aliphatic heterocycles. The van der Waals surface area contributed by atoms with Crippen LogP contribution in [0.2, 0.25) is 0 Å². The molecule has 2 saturated heterocycles. The highest BCUT2D eigenvalue weighted by Gasteiger charge is 2.28. The van der Waals surface area contributed by atoms with Crippen LogP contribution in [-0.4, -0.2) is 48.1 Å². The molecule has 0 N–H and O–H groups in total. The predicted molar refractivity (Wildman–Crippen MR) is 133 cm³/mol. The van der Waals surface area contributed by atoms with Crippen LogP contribution < -0.4 is 0 Å². The van der Waals surface area contributed by atoms with Crippen LogP contribution in [0.3, 0.4) is 0 Å². The number of rotatable bonds is 8. The van der Waals surface area contributed by atoms with Gasteiger partial charge in [0.15, 0.2) is 5.16 Å². The molecule has 1 atom stereocenters. The average Bonchev–Trinajstić information content (AvgIpc) is 3.60. The third-order valence-corrected chi connectivity index (χ3v) is 9.32. The zero-order valence-corrected chi connectivity index (χ0v) is 20.3. The van der Waals surface area contributed by atoms with E-state index in [2.05, 4.69) is 35.4 Å². The molecule has 5 rings (SSSR count). The highest BCUT2D eigenvalue weighted by molar-refractivity contribution is 7.98. The van der Waals surface area contributed by atoms with Gasteiger partial charge in [-0.25, -0.2) is 13.4 Å². The Labute approximate surface area is 199 Å². The molecule has 3 aromatic rings. The van der Waals surface area contributed by atoms with Gasteiger partial charge in [0, 0.05) is 25.4 Å². The van der Waals surface area contributed by atoms with E-state index >= 15 is 0 Å². The van der Waals surface area contributed by atoms with Gasteiger partial charge in [0.2, 0.25) is 10.0 Å². The molecule has 0 amide bonds. The van der Waals surface area contributed by atoms with Gasteiger partial charge in [-0.2, -0.15) is 4.31 Å². The summed E-state index contributed by atoms with van der Waals surface area (Å²) in [5, 5.41) is 0.893. The second kappa shape index (κ2) is 9.62. The highest BCUT2D eigenvalue weighted by Crippen LogP contribution is 2.31. The van der Waals surface area contributed by atoms with Gasteiger partial charge in [-0.3, -0.25) is 0 Å². The van der Waals surface area contributed by atoms with Crippen LogP contribution in [0.25, 0.3) is 17.1 Å². The maximum absolute atomic E-state index is 13.1. The van der Waals surface area contributed by atoms with Gasteiger partial charge >= 0.3 is 0 Å². The number of sulfonamides is 1. The summed E-state index contributed by atoms with van der Waals surface area (Å²) >= 11 is 1.67. The molecule has 2 aliphatic rings. The number of ether oxygens (including phenoxy) is 1. The zero-order chi connectivity index (χ0) is 22.8. The average molecular weight is 484 g/mol. The summed E-state index contributed by atoms with van der Waals surface area (Å²) in [6, 6.07) is 13.7. The van der Waals surface area contributed by atoms with E-state index < -0.39 is 10.0 Å². The molecule has 0 bridgehead atoms. The third-order valence-electron chi connectivity index (χ3n) is 6.38. The standard InChI is InChI=1S/C25H29N3O3S2/c1-2-19-7-9-20(10-8-19)18-32-25-26-23-16-22(33(29,30)27-13-3-4-14-27)11-12-24(23)28(25)17-21-6-5-15-31-21/h2,7-12,16,21H,1,3-6,13-15,17-18H2/t21-/m0/s1. The lowest BCUT2D eigenvalue weighted by atomic mass is 10.1. The molecule has 0 aliphatic carbocycles. The van der Waals surface area contributed by atoms with Crippen molar-refractivity contribution in [2.24, 2.45) is 0 Å². The van der Waals surface area contributed by atoms with E-state index in [9.17, 15) is 8.42 Å². The van der Waals surface area contributed by atoms with E-state index in [1.54, 1.807) is 28.2 Å². The van der Waals surface area contributed by atoms with Crippen molar-refractivity contribution in [3.63, 3.8) is 0 Å². The third kappa shape index (κ3) is 4.75. The monoisotopic (exact) mass is 483 g/mol. The van der Waals surface area contributed by atoms with Crippen molar-refractivity contribution in [1.82, 2.24) is 13.9 Å². The first kappa shape index (κ1) is 22.7. The lowest BCUT2D eigenvalue weighted by molar-refractivity contribution is 0.0960. The van der Waals surface area contributed by atoms with E-state index in [1.807, 2.05) is 12.1 Å². The molecule has 8 heteroatoms. The number of benzene rings is 2. The minimum absolute atomic E-state index is 0.168. The van der Waals surface area contributed by atoms with Crippen LogP contribution in [0.4, 0.5) is 0 Å². The van der Waals surface area contributed by atoms with Gasteiger partial charge in [-0.05, 0) is 55.0 Å². The summed E-state index contributed by atoms with van der Waals surface area (Å²) in [6.07, 6.45) is 5.97. The molecule has 2 fully saturated rings. The maximum atomic E-state index is 13.1. The molecular formula is C25H29N3O3S2. The Bertz CT molecular complexity index is 1240. The Kier molecular flexibility index (Phi) is 6.60. The molecule has 6 nitrogen and oxygen atoms in total. The molecule has 33 heavy (non-hydrogen) atoms. The van der Waals surface area contributed by atoms with Gasteiger partial charge in [-0.1, -0.05) is 48.7 Å². The number of hydrogen-bond donors (Lipinski definition) is 0. The molecule has 1 aromatic heterocycles. The van der Waals surface area contributed by atoms with Crippen LogP contribution in [-0.2, 0) is 27.1 Å². The van der Waals surface area contributed by atoms with Gasteiger partial charge in [0.25, 0.3) is 0 Å². The van der Waals surface area contributed by atoms with Gasteiger partial charge in [0.1, 0.15) is 0 Å². The Morgan fingerprint density at radius 3 is 2.61 bits per heavy atom. The molecule has 2 aromatic carbocycles. The minimum Gasteiger partial charge on any atom is -0.376 e. The van der Waals surface area contributed by atoms with Gasteiger partial charge in [0.05, 0.1) is 28.6 Å². The first-order valence-corrected chi connectivity index (χ1v) is 13.9. The SMILES string of the molecule is C=Cc1ccc(CSc2nc3cc(S(=O)(=O)N4CCCC4)ccc3n2C[C@@H]2CCCO2)cc1. The van der Waals surface area contributed by atoms with Crippen LogP contribution in [0.5, 0.6) is 0 Å². The van der Waals surface area contributed by atoms with Crippen molar-refractivity contribution in [3.8, 4) is 0 Å². The summed E-state index contributed by atoms with van der Waals surface area (Å²) in [5.74, 6) is 0.783. The Morgan fingerprint density at radius 2 is 1.91 bits per heavy atom. The fourth-order valence-corrected chi connectivity index (χ4v) is 7.02. The zero-order valence-electron chi connectivity index (χ0n) is 18.7. The van der Waals surface area contributed by atoms with Crippen LogP contribution in [0, 0.1) is 0 Å². The van der Waals surface area contributed by atoms with Gasteiger partial charge in [-0.15, -0.1) is 0 Å². The summed E-state index contributed by atoms with van der Waals surface area (Å²) in [7, 11) is -3.47.